The summed E-state index contributed by atoms with van der Waals surface area (Å²) >= 11 is 0. The van der Waals surface area contributed by atoms with Crippen LogP contribution in [0.4, 0.5) is 24.5 Å². The van der Waals surface area contributed by atoms with E-state index in [2.05, 4.69) is 15.2 Å². The van der Waals surface area contributed by atoms with Crippen molar-refractivity contribution < 1.29 is 18.0 Å². The molecule has 0 spiro atoms. The molecule has 0 aliphatic carbocycles. The highest BCUT2D eigenvalue weighted by atomic mass is 19.4. The van der Waals surface area contributed by atoms with Crippen LogP contribution in [0.15, 0.2) is 23.2 Å². The zero-order valence-corrected chi connectivity index (χ0v) is 12.1. The van der Waals surface area contributed by atoms with Gasteiger partial charge < -0.3 is 5.32 Å². The number of hydrogen-bond donors (Lipinski definition) is 1. The van der Waals surface area contributed by atoms with Gasteiger partial charge in [-0.15, -0.1) is 0 Å². The molecule has 1 amide bonds. The van der Waals surface area contributed by atoms with E-state index in [9.17, 15) is 18.0 Å². The number of benzene rings is 1. The van der Waals surface area contributed by atoms with Gasteiger partial charge in [-0.25, -0.2) is 4.85 Å². The Balaban J connectivity index is 2.11. The third-order valence-corrected chi connectivity index (χ3v) is 3.63. The van der Waals surface area contributed by atoms with Crippen LogP contribution in [0.1, 0.15) is 18.9 Å². The van der Waals surface area contributed by atoms with Gasteiger partial charge >= 0.3 is 6.18 Å². The number of nitrogens with one attached hydrogen (secondary N) is 1. The second-order valence-electron chi connectivity index (χ2n) is 5.57. The zero-order chi connectivity index (χ0) is 16.5. The normalized spacial score (nSPS) is 21.2. The van der Waals surface area contributed by atoms with Crippen molar-refractivity contribution in [2.45, 2.75) is 26.4 Å². The summed E-state index contributed by atoms with van der Waals surface area (Å²) < 4.78 is 37.9. The molecule has 0 unspecified atom stereocenters. The predicted molar refractivity (Wildman–Crippen MR) is 77.2 cm³/mol. The monoisotopic (exact) mass is 309 g/mol. The Labute approximate surface area is 125 Å². The van der Waals surface area contributed by atoms with Crippen LogP contribution in [0.5, 0.6) is 0 Å². The first-order chi connectivity index (χ1) is 10.2. The van der Waals surface area contributed by atoms with Gasteiger partial charge in [0.15, 0.2) is 5.69 Å². The Morgan fingerprint density at radius 2 is 2.14 bits per heavy atom. The molecule has 1 heterocycles. The van der Waals surface area contributed by atoms with Crippen molar-refractivity contribution in [3.8, 4) is 0 Å². The lowest BCUT2D eigenvalue weighted by molar-refractivity contribution is -0.123. The highest BCUT2D eigenvalue weighted by Gasteiger charge is 2.47. The number of aryl methyl sites for hydroxylation is 1. The van der Waals surface area contributed by atoms with Gasteiger partial charge in [-0.1, -0.05) is 6.07 Å². The van der Waals surface area contributed by atoms with Crippen molar-refractivity contribution >= 4 is 23.0 Å². The van der Waals surface area contributed by atoms with E-state index in [1.54, 1.807) is 25.1 Å². The van der Waals surface area contributed by atoms with Gasteiger partial charge in [0.2, 0.25) is 5.91 Å². The number of rotatable bonds is 2. The Kier molecular flexibility index (Phi) is 3.96. The fraction of sp³-hybridized carbons (Fsp3) is 0.400. The Bertz CT molecular complexity index is 688. The van der Waals surface area contributed by atoms with Gasteiger partial charge in [-0.2, -0.15) is 13.2 Å². The first-order valence-electron chi connectivity index (χ1n) is 6.56. The molecule has 0 bridgehead atoms. The molecule has 1 N–H and O–H groups in total. The molecule has 1 atom stereocenters. The molecule has 1 aliphatic rings. The maximum atomic E-state index is 12.6. The maximum absolute atomic E-state index is 12.6. The average molecular weight is 309 g/mol. The third kappa shape index (κ3) is 3.11. The van der Waals surface area contributed by atoms with E-state index < -0.39 is 29.6 Å². The number of aliphatic imine (C=N–C) groups is 1. The molecule has 116 valence electrons. The lowest BCUT2D eigenvalue weighted by Gasteiger charge is -2.22. The topological polar surface area (TPSA) is 45.8 Å². The number of hydrogen-bond acceptors (Lipinski definition) is 2. The van der Waals surface area contributed by atoms with Crippen molar-refractivity contribution in [3.63, 3.8) is 0 Å². The molecule has 0 radical (unpaired) electrons. The smallest absolute Gasteiger partial charge is 0.326 e. The fourth-order valence-electron chi connectivity index (χ4n) is 2.23. The summed E-state index contributed by atoms with van der Waals surface area (Å²) in [6, 6.07) is 4.74. The van der Waals surface area contributed by atoms with Gasteiger partial charge in [0.25, 0.3) is 0 Å². The van der Waals surface area contributed by atoms with E-state index >= 15 is 0 Å². The first kappa shape index (κ1) is 16.0. The molecule has 2 rings (SSSR count). The van der Waals surface area contributed by atoms with Gasteiger partial charge in [-0.05, 0) is 31.5 Å². The summed E-state index contributed by atoms with van der Waals surface area (Å²) in [5.41, 5.74) is -0.498. The number of amides is 1. The minimum Gasteiger partial charge on any atom is -0.326 e. The highest BCUT2D eigenvalue weighted by molar-refractivity contribution is 6.02. The minimum atomic E-state index is -4.49. The fourth-order valence-corrected chi connectivity index (χ4v) is 2.23. The molecular formula is C15H14F3N3O. The summed E-state index contributed by atoms with van der Waals surface area (Å²) in [5.74, 6) is -0.509. The SMILES string of the molecule is [C-]#[N+]c1ccc(NC(=O)[C@@]2(C)CN=C(C(F)(F)F)C2)cc1C. The molecule has 22 heavy (non-hydrogen) atoms. The minimum absolute atomic E-state index is 0.188. The van der Waals surface area contributed by atoms with Crippen LogP contribution >= 0.6 is 0 Å². The van der Waals surface area contributed by atoms with E-state index in [0.29, 0.717) is 16.9 Å². The second-order valence-corrected chi connectivity index (χ2v) is 5.57. The Morgan fingerprint density at radius 3 is 2.64 bits per heavy atom. The first-order valence-corrected chi connectivity index (χ1v) is 6.56. The van der Waals surface area contributed by atoms with Crippen LogP contribution in [0.25, 0.3) is 4.85 Å². The summed E-state index contributed by atoms with van der Waals surface area (Å²) in [6.07, 6.45) is -4.92. The number of anilines is 1. The number of carbonyl (C=O) groups is 1. The summed E-state index contributed by atoms with van der Waals surface area (Å²) in [6.45, 7) is 9.96. The standard InChI is InChI=1S/C15H14F3N3O/c1-9-6-10(4-5-11(9)19-3)21-13(22)14(2)7-12(20-8-14)15(16,17)18/h4-6H,7-8H2,1-2H3,(H,21,22)/t14-/m1/s1. The van der Waals surface area contributed by atoms with Gasteiger partial charge in [-0.3, -0.25) is 9.79 Å². The Hall–Kier alpha value is -2.36. The van der Waals surface area contributed by atoms with Crippen molar-refractivity contribution in [1.82, 2.24) is 0 Å². The third-order valence-electron chi connectivity index (χ3n) is 3.63. The molecule has 1 aromatic carbocycles. The zero-order valence-electron chi connectivity index (χ0n) is 12.1. The molecule has 1 aromatic rings. The number of alkyl halides is 3. The van der Waals surface area contributed by atoms with Crippen molar-refractivity contribution in [2.75, 3.05) is 11.9 Å². The number of halogens is 3. The van der Waals surface area contributed by atoms with Crippen molar-refractivity contribution in [3.05, 3.63) is 35.2 Å². The van der Waals surface area contributed by atoms with E-state index in [4.69, 9.17) is 6.57 Å². The molecule has 7 heteroatoms. The van der Waals surface area contributed by atoms with Crippen molar-refractivity contribution in [1.29, 1.82) is 0 Å². The quantitative estimate of drug-likeness (QED) is 0.828. The van der Waals surface area contributed by atoms with Gasteiger partial charge in [0.1, 0.15) is 5.71 Å². The molecule has 0 fully saturated rings. The summed E-state index contributed by atoms with van der Waals surface area (Å²) in [5, 5.41) is 2.61. The lowest BCUT2D eigenvalue weighted by Crippen LogP contribution is -2.36. The second kappa shape index (κ2) is 5.44. The summed E-state index contributed by atoms with van der Waals surface area (Å²) in [7, 11) is 0. The summed E-state index contributed by atoms with van der Waals surface area (Å²) in [4.78, 5) is 19.0. The molecule has 4 nitrogen and oxygen atoms in total. The van der Waals surface area contributed by atoms with E-state index in [-0.39, 0.29) is 6.54 Å². The largest absolute Gasteiger partial charge is 0.429 e. The van der Waals surface area contributed by atoms with Crippen molar-refractivity contribution in [2.24, 2.45) is 10.4 Å². The number of carbonyl (C=O) groups excluding carboxylic acids is 1. The van der Waals surface area contributed by atoms with Gasteiger partial charge in [0.05, 0.1) is 18.5 Å². The highest BCUT2D eigenvalue weighted by Crippen LogP contribution is 2.36. The van der Waals surface area contributed by atoms with Crippen LogP contribution in [0.2, 0.25) is 0 Å². The van der Waals surface area contributed by atoms with E-state index in [1.165, 1.54) is 6.92 Å². The number of nitrogens with zero attached hydrogens (tertiary/aromatic N) is 2. The molecule has 1 aliphatic heterocycles. The molecule has 0 saturated heterocycles. The van der Waals surface area contributed by atoms with Gasteiger partial charge in [0, 0.05) is 12.1 Å². The van der Waals surface area contributed by atoms with E-state index in [0.717, 1.165) is 0 Å². The van der Waals surface area contributed by atoms with Crippen LogP contribution in [0.3, 0.4) is 0 Å². The molecule has 0 saturated carbocycles. The van der Waals surface area contributed by atoms with Crippen LogP contribution in [-0.2, 0) is 4.79 Å². The maximum Gasteiger partial charge on any atom is 0.429 e. The molecular weight excluding hydrogens is 295 g/mol. The van der Waals surface area contributed by atoms with Crippen LogP contribution < -0.4 is 5.32 Å². The average Bonchev–Trinajstić information content (AvgIpc) is 2.83. The Morgan fingerprint density at radius 1 is 1.45 bits per heavy atom. The lowest BCUT2D eigenvalue weighted by atomic mass is 9.86. The molecule has 0 aromatic heterocycles. The van der Waals surface area contributed by atoms with Crippen LogP contribution in [0, 0.1) is 18.9 Å². The predicted octanol–water partition coefficient (Wildman–Crippen LogP) is 3.90. The van der Waals surface area contributed by atoms with Crippen LogP contribution in [-0.4, -0.2) is 24.3 Å². The van der Waals surface area contributed by atoms with E-state index in [1.807, 2.05) is 0 Å².